The number of rotatable bonds is 3. The number of allylic oxidation sites excluding steroid dienone is 1. The zero-order valence-electron chi connectivity index (χ0n) is 10.2. The van der Waals surface area contributed by atoms with E-state index in [2.05, 4.69) is 20.9 Å². The van der Waals surface area contributed by atoms with E-state index in [1.807, 2.05) is 0 Å². The largest absolute Gasteiger partial charge is 0.404 e. The van der Waals surface area contributed by atoms with Crippen LogP contribution in [0.1, 0.15) is 19.3 Å². The van der Waals surface area contributed by atoms with Crippen LogP contribution in [0.2, 0.25) is 0 Å². The van der Waals surface area contributed by atoms with E-state index in [1.165, 1.54) is 6.20 Å². The molecule has 0 radical (unpaired) electrons. The van der Waals surface area contributed by atoms with E-state index in [4.69, 9.17) is 10.5 Å². The molecule has 0 aromatic rings. The highest BCUT2D eigenvalue weighted by molar-refractivity contribution is 9.12. The number of ether oxygens (including phenoxy) is 1. The average molecular weight is 319 g/mol. The molecule has 0 spiro atoms. The van der Waals surface area contributed by atoms with Crippen molar-refractivity contribution in [2.24, 2.45) is 16.1 Å². The molecule has 3 unspecified atom stereocenters. The normalized spacial score (nSPS) is 41.3. The quantitative estimate of drug-likeness (QED) is 0.663. The van der Waals surface area contributed by atoms with Gasteiger partial charge in [-0.1, -0.05) is 0 Å². The highest BCUT2D eigenvalue weighted by atomic mass is 79.9. The zero-order chi connectivity index (χ0) is 13.2. The SMILES string of the molecule is N/C=C(/Br)C=NC1CCC2(CO)COCC2(O)C1. The number of aliphatic imine (C=N–C) groups is 1. The van der Waals surface area contributed by atoms with Crippen molar-refractivity contribution < 1.29 is 14.9 Å². The summed E-state index contributed by atoms with van der Waals surface area (Å²) in [4.78, 5) is 4.41. The maximum atomic E-state index is 10.6. The van der Waals surface area contributed by atoms with Crippen LogP contribution in [-0.4, -0.2) is 47.9 Å². The van der Waals surface area contributed by atoms with Gasteiger partial charge in [-0.3, -0.25) is 4.99 Å². The topological polar surface area (TPSA) is 88.1 Å². The Kier molecular flexibility index (Phi) is 4.11. The van der Waals surface area contributed by atoms with Gasteiger partial charge in [-0.25, -0.2) is 0 Å². The van der Waals surface area contributed by atoms with Crippen molar-refractivity contribution in [3.63, 3.8) is 0 Å². The minimum atomic E-state index is -0.957. The van der Waals surface area contributed by atoms with Gasteiger partial charge in [-0.05, 0) is 28.8 Å². The predicted octanol–water partition coefficient (Wildman–Crippen LogP) is 0.545. The van der Waals surface area contributed by atoms with E-state index in [-0.39, 0.29) is 19.3 Å². The Balaban J connectivity index is 2.08. The summed E-state index contributed by atoms with van der Waals surface area (Å²) in [5, 5.41) is 20.2. The van der Waals surface area contributed by atoms with Crippen LogP contribution in [0.3, 0.4) is 0 Å². The number of aliphatic hydroxyl groups excluding tert-OH is 1. The molecule has 1 heterocycles. The number of hydrogen-bond donors (Lipinski definition) is 3. The lowest BCUT2D eigenvalue weighted by Gasteiger charge is -2.45. The summed E-state index contributed by atoms with van der Waals surface area (Å²) < 4.78 is 6.10. The summed E-state index contributed by atoms with van der Waals surface area (Å²) in [6.07, 6.45) is 5.18. The number of aliphatic hydroxyl groups is 2. The number of fused-ring (bicyclic) bond motifs is 1. The minimum absolute atomic E-state index is 0.0354. The number of nitrogens with zero attached hydrogens (tertiary/aromatic N) is 1. The Hall–Kier alpha value is -0.430. The molecule has 0 aromatic carbocycles. The molecule has 0 bridgehead atoms. The van der Waals surface area contributed by atoms with Gasteiger partial charge in [0.15, 0.2) is 0 Å². The molecule has 1 aliphatic carbocycles. The first-order valence-electron chi connectivity index (χ1n) is 6.07. The van der Waals surface area contributed by atoms with Crippen LogP contribution in [-0.2, 0) is 4.74 Å². The lowest BCUT2D eigenvalue weighted by Crippen LogP contribution is -2.54. The van der Waals surface area contributed by atoms with Crippen LogP contribution in [0.4, 0.5) is 0 Å². The highest BCUT2D eigenvalue weighted by Crippen LogP contribution is 2.49. The van der Waals surface area contributed by atoms with Crippen LogP contribution in [0.15, 0.2) is 15.7 Å². The van der Waals surface area contributed by atoms with Crippen molar-refractivity contribution >= 4 is 22.1 Å². The molecular weight excluding hydrogens is 300 g/mol. The summed E-state index contributed by atoms with van der Waals surface area (Å²) in [6, 6.07) is 0.0453. The van der Waals surface area contributed by atoms with Crippen molar-refractivity contribution in [3.8, 4) is 0 Å². The summed E-state index contributed by atoms with van der Waals surface area (Å²) >= 11 is 3.26. The summed E-state index contributed by atoms with van der Waals surface area (Å²) in [5.41, 5.74) is 3.88. The molecule has 6 heteroatoms. The molecule has 1 saturated heterocycles. The van der Waals surface area contributed by atoms with Crippen LogP contribution in [0, 0.1) is 5.41 Å². The lowest BCUT2D eigenvalue weighted by atomic mass is 9.64. The maximum absolute atomic E-state index is 10.6. The molecule has 2 rings (SSSR count). The van der Waals surface area contributed by atoms with Crippen LogP contribution >= 0.6 is 15.9 Å². The van der Waals surface area contributed by atoms with E-state index < -0.39 is 11.0 Å². The molecule has 1 aliphatic heterocycles. The van der Waals surface area contributed by atoms with Crippen molar-refractivity contribution in [2.45, 2.75) is 30.9 Å². The second-order valence-electron chi connectivity index (χ2n) is 5.19. The number of halogens is 1. The molecule has 102 valence electrons. The maximum Gasteiger partial charge on any atom is 0.1000 e. The standard InChI is InChI=1S/C12H19BrN2O3/c13-9(4-14)5-15-10-1-2-11(6-16)7-18-8-12(11,17)3-10/h4-5,10,16-17H,1-3,6-8,14H2/b9-4+,15-5?. The van der Waals surface area contributed by atoms with Gasteiger partial charge in [0, 0.05) is 24.3 Å². The van der Waals surface area contributed by atoms with Gasteiger partial charge < -0.3 is 20.7 Å². The fourth-order valence-corrected chi connectivity index (χ4v) is 2.95. The molecule has 0 amide bonds. The van der Waals surface area contributed by atoms with Crippen molar-refractivity contribution in [2.75, 3.05) is 19.8 Å². The van der Waals surface area contributed by atoms with Crippen LogP contribution in [0.5, 0.6) is 0 Å². The first-order chi connectivity index (χ1) is 8.55. The van der Waals surface area contributed by atoms with E-state index in [0.717, 1.165) is 17.3 Å². The molecule has 18 heavy (non-hydrogen) atoms. The van der Waals surface area contributed by atoms with Gasteiger partial charge in [0.25, 0.3) is 0 Å². The first kappa shape index (κ1) is 14.0. The van der Waals surface area contributed by atoms with Gasteiger partial charge in [0.1, 0.15) is 0 Å². The first-order valence-corrected chi connectivity index (χ1v) is 6.86. The van der Waals surface area contributed by atoms with E-state index in [1.54, 1.807) is 6.21 Å². The predicted molar refractivity (Wildman–Crippen MR) is 72.6 cm³/mol. The monoisotopic (exact) mass is 318 g/mol. The summed E-state index contributed by atoms with van der Waals surface area (Å²) in [5.74, 6) is 0. The Morgan fingerprint density at radius 1 is 1.56 bits per heavy atom. The fraction of sp³-hybridized carbons (Fsp3) is 0.750. The second kappa shape index (κ2) is 5.28. The molecule has 2 aliphatic rings. The molecule has 0 aromatic heterocycles. The van der Waals surface area contributed by atoms with Gasteiger partial charge in [-0.15, -0.1) is 0 Å². The fourth-order valence-electron chi connectivity index (χ4n) is 2.84. The zero-order valence-corrected chi connectivity index (χ0v) is 11.8. The molecule has 5 nitrogen and oxygen atoms in total. The third-order valence-electron chi connectivity index (χ3n) is 4.11. The van der Waals surface area contributed by atoms with Crippen LogP contribution < -0.4 is 5.73 Å². The summed E-state index contributed by atoms with van der Waals surface area (Å²) in [6.45, 7) is 0.683. The lowest BCUT2D eigenvalue weighted by molar-refractivity contribution is -0.105. The van der Waals surface area contributed by atoms with E-state index >= 15 is 0 Å². The van der Waals surface area contributed by atoms with Crippen molar-refractivity contribution in [3.05, 3.63) is 10.7 Å². The van der Waals surface area contributed by atoms with Crippen molar-refractivity contribution in [1.82, 2.24) is 0 Å². The molecular formula is C12H19BrN2O3. The number of nitrogens with two attached hydrogens (primary N) is 1. The van der Waals surface area contributed by atoms with Crippen LogP contribution in [0.25, 0.3) is 0 Å². The van der Waals surface area contributed by atoms with Gasteiger partial charge in [0.05, 0.1) is 35.9 Å². The van der Waals surface area contributed by atoms with Gasteiger partial charge >= 0.3 is 0 Å². The molecule has 4 N–H and O–H groups in total. The molecule has 3 atom stereocenters. The van der Waals surface area contributed by atoms with Gasteiger partial charge in [-0.2, -0.15) is 0 Å². The minimum Gasteiger partial charge on any atom is -0.404 e. The Labute approximate surface area is 115 Å². The Bertz CT molecular complexity index is 374. The summed E-state index contributed by atoms with van der Waals surface area (Å²) in [7, 11) is 0. The highest BCUT2D eigenvalue weighted by Gasteiger charge is 2.57. The van der Waals surface area contributed by atoms with Gasteiger partial charge in [0.2, 0.25) is 0 Å². The Morgan fingerprint density at radius 3 is 3.00 bits per heavy atom. The smallest absolute Gasteiger partial charge is 0.1000 e. The third-order valence-corrected chi connectivity index (χ3v) is 4.58. The number of hydrogen-bond acceptors (Lipinski definition) is 5. The van der Waals surface area contributed by atoms with Crippen molar-refractivity contribution in [1.29, 1.82) is 0 Å². The molecule has 2 fully saturated rings. The second-order valence-corrected chi connectivity index (χ2v) is 6.10. The third kappa shape index (κ3) is 2.34. The Morgan fingerprint density at radius 2 is 2.33 bits per heavy atom. The average Bonchev–Trinajstić information content (AvgIpc) is 2.72. The molecule has 1 saturated carbocycles. The van der Waals surface area contributed by atoms with E-state index in [9.17, 15) is 10.2 Å². The van der Waals surface area contributed by atoms with E-state index in [0.29, 0.717) is 13.0 Å².